The molecule has 2 atom stereocenters. The summed E-state index contributed by atoms with van der Waals surface area (Å²) in [6.45, 7) is 11.8. The largest absolute Gasteiger partial charge is 0.455 e. The van der Waals surface area contributed by atoms with Gasteiger partial charge < -0.3 is 14.5 Å². The average molecular weight is 488 g/mol. The minimum Gasteiger partial charge on any atom is -0.455 e. The predicted octanol–water partition coefficient (Wildman–Crippen LogP) is 3.86. The molecule has 1 aromatic heterocycles. The van der Waals surface area contributed by atoms with Crippen LogP contribution in [-0.4, -0.2) is 68.0 Å². The van der Waals surface area contributed by atoms with Gasteiger partial charge in [-0.2, -0.15) is 0 Å². The smallest absolute Gasteiger partial charge is 0.359 e. The van der Waals surface area contributed by atoms with E-state index in [-0.39, 0.29) is 36.3 Å². The molecular weight excluding hydrogens is 458 g/mol. The molecule has 0 aliphatic carbocycles. The van der Waals surface area contributed by atoms with Crippen LogP contribution in [0.3, 0.4) is 0 Å². The van der Waals surface area contributed by atoms with Crippen LogP contribution in [-0.2, 0) is 16.1 Å². The van der Waals surface area contributed by atoms with Crippen molar-refractivity contribution >= 4 is 35.2 Å². The number of anilines is 1. The maximum atomic E-state index is 13.8. The summed E-state index contributed by atoms with van der Waals surface area (Å²) < 4.78 is 7.34. The Morgan fingerprint density at radius 3 is 2.32 bits per heavy atom. The normalized spacial score (nSPS) is 20.0. The molecule has 0 N–H and O–H groups in total. The SMILES string of the molecule is CC(=O)N1[C@H](C)CN(C(=O)N2Cc3c(C(=O)OC(C)(C)C)ncn3-c3ccc(Cl)cc32)C[C@@H]1C. The third kappa shape index (κ3) is 4.36. The minimum atomic E-state index is -0.675. The number of rotatable bonds is 1. The molecule has 4 rings (SSSR count). The standard InChI is InChI=1S/C24H30ClN5O4/c1-14-10-27(11-15(2)30(14)16(3)31)23(33)28-12-20-21(22(32)34-24(4,5)6)26-13-29(20)18-8-7-17(25)9-19(18)28/h7-9,13-15H,10-12H2,1-6H3/t14-,15+. The van der Waals surface area contributed by atoms with Gasteiger partial charge in [0.15, 0.2) is 5.69 Å². The predicted molar refractivity (Wildman–Crippen MR) is 128 cm³/mol. The molecule has 0 unspecified atom stereocenters. The average Bonchev–Trinajstić information content (AvgIpc) is 3.14. The van der Waals surface area contributed by atoms with Crippen LogP contribution in [0, 0.1) is 0 Å². The quantitative estimate of drug-likeness (QED) is 0.570. The Morgan fingerprint density at radius 2 is 1.74 bits per heavy atom. The summed E-state index contributed by atoms with van der Waals surface area (Å²) in [6.07, 6.45) is 1.57. The Kier molecular flexibility index (Phi) is 6.10. The number of imidazole rings is 1. The number of esters is 1. The van der Waals surface area contributed by atoms with Crippen LogP contribution in [0.15, 0.2) is 24.5 Å². The first-order chi connectivity index (χ1) is 15.9. The third-order valence-corrected chi connectivity index (χ3v) is 6.27. The zero-order chi connectivity index (χ0) is 24.9. The van der Waals surface area contributed by atoms with E-state index < -0.39 is 11.6 Å². The van der Waals surface area contributed by atoms with Crippen LogP contribution in [0.25, 0.3) is 5.69 Å². The minimum absolute atomic E-state index is 0.00639. The van der Waals surface area contributed by atoms with Crippen LogP contribution < -0.4 is 4.90 Å². The lowest BCUT2D eigenvalue weighted by Crippen LogP contribution is -2.61. The zero-order valence-electron chi connectivity index (χ0n) is 20.3. The molecule has 2 aliphatic heterocycles. The van der Waals surface area contributed by atoms with Gasteiger partial charge in [-0.05, 0) is 52.8 Å². The van der Waals surface area contributed by atoms with E-state index in [1.165, 1.54) is 0 Å². The van der Waals surface area contributed by atoms with Crippen molar-refractivity contribution in [2.45, 2.75) is 65.8 Å². The molecule has 2 aromatic rings. The Labute approximate surface area is 204 Å². The number of piperazine rings is 1. The highest BCUT2D eigenvalue weighted by atomic mass is 35.5. The fourth-order valence-electron chi connectivity index (χ4n) is 4.82. The maximum absolute atomic E-state index is 13.8. The highest BCUT2D eigenvalue weighted by Crippen LogP contribution is 2.36. The fraction of sp³-hybridized carbons (Fsp3) is 0.500. The lowest BCUT2D eigenvalue weighted by Gasteiger charge is -2.45. The highest BCUT2D eigenvalue weighted by Gasteiger charge is 2.38. The van der Waals surface area contributed by atoms with Gasteiger partial charge in [0.05, 0.1) is 23.6 Å². The highest BCUT2D eigenvalue weighted by molar-refractivity contribution is 6.31. The Hall–Kier alpha value is -3.07. The van der Waals surface area contributed by atoms with Crippen molar-refractivity contribution in [2.75, 3.05) is 18.0 Å². The third-order valence-electron chi connectivity index (χ3n) is 6.04. The monoisotopic (exact) mass is 487 g/mol. The van der Waals surface area contributed by atoms with Crippen molar-refractivity contribution in [1.29, 1.82) is 0 Å². The molecule has 3 amide bonds. The number of aromatic nitrogens is 2. The van der Waals surface area contributed by atoms with Crippen molar-refractivity contribution in [3.63, 3.8) is 0 Å². The molecule has 1 fully saturated rings. The van der Waals surface area contributed by atoms with Crippen molar-refractivity contribution in [2.24, 2.45) is 0 Å². The van der Waals surface area contributed by atoms with Gasteiger partial charge in [0.25, 0.3) is 0 Å². The lowest BCUT2D eigenvalue weighted by atomic mass is 10.1. The van der Waals surface area contributed by atoms with E-state index in [1.54, 1.807) is 71.5 Å². The molecule has 9 nitrogen and oxygen atoms in total. The fourth-order valence-corrected chi connectivity index (χ4v) is 4.99. The first kappa shape index (κ1) is 24.1. The number of benzene rings is 1. The zero-order valence-corrected chi connectivity index (χ0v) is 21.1. The molecule has 0 bridgehead atoms. The van der Waals surface area contributed by atoms with Gasteiger partial charge >= 0.3 is 12.0 Å². The summed E-state index contributed by atoms with van der Waals surface area (Å²) in [7, 11) is 0. The van der Waals surface area contributed by atoms with Gasteiger partial charge in [0.2, 0.25) is 5.91 Å². The molecule has 34 heavy (non-hydrogen) atoms. The molecule has 0 saturated carbocycles. The number of ether oxygens (including phenoxy) is 1. The topological polar surface area (TPSA) is 88.0 Å². The van der Waals surface area contributed by atoms with Gasteiger partial charge in [-0.15, -0.1) is 0 Å². The van der Waals surface area contributed by atoms with Gasteiger partial charge in [-0.3, -0.25) is 14.3 Å². The number of fused-ring (bicyclic) bond motifs is 3. The molecule has 0 spiro atoms. The second kappa shape index (κ2) is 8.61. The molecule has 3 heterocycles. The number of urea groups is 1. The number of carbonyl (C=O) groups excluding carboxylic acids is 3. The van der Waals surface area contributed by atoms with Gasteiger partial charge in [-0.1, -0.05) is 11.6 Å². The Balaban J connectivity index is 1.70. The van der Waals surface area contributed by atoms with Crippen LogP contribution in [0.4, 0.5) is 10.5 Å². The first-order valence-corrected chi connectivity index (χ1v) is 11.7. The maximum Gasteiger partial charge on any atom is 0.359 e. The Bertz CT molecular complexity index is 1140. The van der Waals surface area contributed by atoms with Gasteiger partial charge in [-0.25, -0.2) is 14.6 Å². The lowest BCUT2D eigenvalue weighted by molar-refractivity contribution is -0.135. The van der Waals surface area contributed by atoms with E-state index in [0.717, 1.165) is 0 Å². The Morgan fingerprint density at radius 1 is 1.09 bits per heavy atom. The van der Waals surface area contributed by atoms with Crippen molar-refractivity contribution < 1.29 is 19.1 Å². The number of hydrogen-bond donors (Lipinski definition) is 0. The molecule has 182 valence electrons. The van der Waals surface area contributed by atoms with Crippen LogP contribution in [0.2, 0.25) is 5.02 Å². The summed E-state index contributed by atoms with van der Waals surface area (Å²) in [6, 6.07) is 4.84. The van der Waals surface area contributed by atoms with Crippen LogP contribution in [0.5, 0.6) is 0 Å². The van der Waals surface area contributed by atoms with Crippen molar-refractivity contribution in [3.05, 3.63) is 40.9 Å². The van der Waals surface area contributed by atoms with Crippen LogP contribution >= 0.6 is 11.6 Å². The molecule has 0 radical (unpaired) electrons. The second-order valence-electron chi connectivity index (χ2n) is 9.94. The van der Waals surface area contributed by atoms with Crippen LogP contribution in [0.1, 0.15) is 57.7 Å². The van der Waals surface area contributed by atoms with Crippen molar-refractivity contribution in [3.8, 4) is 5.69 Å². The first-order valence-electron chi connectivity index (χ1n) is 11.3. The summed E-state index contributed by atoms with van der Waals surface area (Å²) in [5.74, 6) is -0.545. The van der Waals surface area contributed by atoms with Crippen molar-refractivity contribution in [1.82, 2.24) is 19.4 Å². The second-order valence-corrected chi connectivity index (χ2v) is 10.4. The van der Waals surface area contributed by atoms with E-state index in [0.29, 0.717) is 35.2 Å². The van der Waals surface area contributed by atoms with E-state index in [9.17, 15) is 14.4 Å². The number of carbonyl (C=O) groups is 3. The van der Waals surface area contributed by atoms with Gasteiger partial charge in [0, 0.05) is 37.1 Å². The molecule has 1 saturated heterocycles. The van der Waals surface area contributed by atoms with E-state index >= 15 is 0 Å². The van der Waals surface area contributed by atoms with E-state index in [1.807, 2.05) is 13.8 Å². The summed E-state index contributed by atoms with van der Waals surface area (Å²) in [5.41, 5.74) is 1.40. The number of halogens is 1. The summed E-state index contributed by atoms with van der Waals surface area (Å²) in [4.78, 5) is 48.2. The molecule has 2 aliphatic rings. The number of nitrogens with zero attached hydrogens (tertiary/aromatic N) is 5. The molecular formula is C24H30ClN5O4. The summed E-state index contributed by atoms with van der Waals surface area (Å²) in [5, 5.41) is 0.496. The number of amides is 3. The molecule has 1 aromatic carbocycles. The number of hydrogen-bond acceptors (Lipinski definition) is 5. The van der Waals surface area contributed by atoms with Gasteiger partial charge in [0.1, 0.15) is 11.9 Å². The van der Waals surface area contributed by atoms with E-state index in [2.05, 4.69) is 4.98 Å². The van der Waals surface area contributed by atoms with E-state index in [4.69, 9.17) is 16.3 Å². The summed E-state index contributed by atoms with van der Waals surface area (Å²) >= 11 is 6.29. The molecule has 10 heteroatoms.